The van der Waals surface area contributed by atoms with Crippen LogP contribution in [0.3, 0.4) is 0 Å². The van der Waals surface area contributed by atoms with Gasteiger partial charge in [0.15, 0.2) is 5.82 Å². The molecule has 0 radical (unpaired) electrons. The number of nitrogens with zero attached hydrogens (tertiary/aromatic N) is 6. The van der Waals surface area contributed by atoms with E-state index in [-0.39, 0.29) is 11.9 Å². The van der Waals surface area contributed by atoms with Gasteiger partial charge in [-0.25, -0.2) is 15.0 Å². The average Bonchev–Trinajstić information content (AvgIpc) is 3.16. The largest absolute Gasteiger partial charge is 0.329 e. The molecule has 3 aromatic rings. The van der Waals surface area contributed by atoms with Gasteiger partial charge in [-0.15, -0.1) is 0 Å². The number of amides is 1. The molecule has 1 fully saturated rings. The standard InChI is InChI=1S/C23H27N7O/c1-16-7-6-9-20(25-16)27-21-15-17(2)26-23(28-21)19-8-4-5-14-30(19)22(31)11-10-18-12-13-24-29(18)3/h6-7,9-13,15,19H,4-5,8,14H2,1-3H3,(H,25,26,27,28). The lowest BCUT2D eigenvalue weighted by molar-refractivity contribution is -0.129. The van der Waals surface area contributed by atoms with E-state index in [4.69, 9.17) is 4.98 Å². The van der Waals surface area contributed by atoms with Gasteiger partial charge in [0.05, 0.1) is 11.7 Å². The van der Waals surface area contributed by atoms with Crippen molar-refractivity contribution >= 4 is 23.6 Å². The van der Waals surface area contributed by atoms with Crippen molar-refractivity contribution in [1.29, 1.82) is 0 Å². The first kappa shape index (κ1) is 20.7. The molecule has 1 saturated heterocycles. The summed E-state index contributed by atoms with van der Waals surface area (Å²) in [7, 11) is 1.85. The van der Waals surface area contributed by atoms with E-state index in [1.165, 1.54) is 0 Å². The summed E-state index contributed by atoms with van der Waals surface area (Å²) >= 11 is 0. The van der Waals surface area contributed by atoms with Crippen molar-refractivity contribution in [2.45, 2.75) is 39.2 Å². The fourth-order valence-corrected chi connectivity index (χ4v) is 3.81. The van der Waals surface area contributed by atoms with Crippen molar-refractivity contribution in [3.05, 3.63) is 65.5 Å². The van der Waals surface area contributed by atoms with Gasteiger partial charge in [0, 0.05) is 43.3 Å². The molecule has 4 rings (SSSR count). The molecule has 1 amide bonds. The molecule has 0 spiro atoms. The van der Waals surface area contributed by atoms with E-state index in [0.29, 0.717) is 18.2 Å². The van der Waals surface area contributed by atoms with Crippen LogP contribution in [0.25, 0.3) is 6.08 Å². The molecule has 1 atom stereocenters. The summed E-state index contributed by atoms with van der Waals surface area (Å²) in [5.74, 6) is 2.05. The van der Waals surface area contributed by atoms with Gasteiger partial charge in [-0.05, 0) is 57.4 Å². The van der Waals surface area contributed by atoms with Crippen LogP contribution in [-0.4, -0.2) is 42.1 Å². The number of hydrogen-bond acceptors (Lipinski definition) is 6. The number of aryl methyl sites for hydroxylation is 3. The number of aromatic nitrogens is 5. The second-order valence-corrected chi connectivity index (χ2v) is 7.80. The predicted octanol–water partition coefficient (Wildman–Crippen LogP) is 3.73. The zero-order chi connectivity index (χ0) is 21.8. The van der Waals surface area contributed by atoms with Crippen LogP contribution in [0.5, 0.6) is 0 Å². The van der Waals surface area contributed by atoms with Gasteiger partial charge in [0.2, 0.25) is 5.91 Å². The summed E-state index contributed by atoms with van der Waals surface area (Å²) in [5.41, 5.74) is 2.66. The molecular weight excluding hydrogens is 390 g/mol. The first-order chi connectivity index (χ1) is 15.0. The molecule has 0 saturated carbocycles. The van der Waals surface area contributed by atoms with Gasteiger partial charge in [0.1, 0.15) is 11.6 Å². The summed E-state index contributed by atoms with van der Waals surface area (Å²) in [4.78, 5) is 28.8. The summed E-state index contributed by atoms with van der Waals surface area (Å²) in [6, 6.07) is 9.43. The van der Waals surface area contributed by atoms with Crippen molar-refractivity contribution in [1.82, 2.24) is 29.6 Å². The van der Waals surface area contributed by atoms with E-state index in [1.807, 2.05) is 56.1 Å². The summed E-state index contributed by atoms with van der Waals surface area (Å²) in [5, 5.41) is 7.41. The Labute approximate surface area is 182 Å². The molecule has 1 aliphatic rings. The second kappa shape index (κ2) is 9.07. The second-order valence-electron chi connectivity index (χ2n) is 7.80. The summed E-state index contributed by atoms with van der Waals surface area (Å²) in [6.07, 6.45) is 7.99. The topological polar surface area (TPSA) is 88.8 Å². The lowest BCUT2D eigenvalue weighted by Crippen LogP contribution is -2.38. The van der Waals surface area contributed by atoms with E-state index in [9.17, 15) is 4.79 Å². The van der Waals surface area contributed by atoms with Crippen LogP contribution in [0.1, 0.15) is 48.2 Å². The number of carbonyl (C=O) groups excluding carboxylic acids is 1. The highest BCUT2D eigenvalue weighted by Gasteiger charge is 2.29. The Morgan fingerprint density at radius 1 is 1.10 bits per heavy atom. The first-order valence-corrected chi connectivity index (χ1v) is 10.5. The smallest absolute Gasteiger partial charge is 0.247 e. The molecule has 3 aromatic heterocycles. The molecule has 8 nitrogen and oxygen atoms in total. The van der Waals surface area contributed by atoms with Gasteiger partial charge in [-0.3, -0.25) is 9.48 Å². The maximum atomic E-state index is 13.0. The van der Waals surface area contributed by atoms with Crippen molar-refractivity contribution in [2.75, 3.05) is 11.9 Å². The van der Waals surface area contributed by atoms with Gasteiger partial charge in [-0.1, -0.05) is 6.07 Å². The van der Waals surface area contributed by atoms with Crippen LogP contribution in [-0.2, 0) is 11.8 Å². The van der Waals surface area contributed by atoms with Crippen molar-refractivity contribution in [2.24, 2.45) is 7.05 Å². The fraction of sp³-hybridized carbons (Fsp3) is 0.348. The molecule has 0 aromatic carbocycles. The van der Waals surface area contributed by atoms with Gasteiger partial charge >= 0.3 is 0 Å². The zero-order valence-electron chi connectivity index (χ0n) is 18.1. The Morgan fingerprint density at radius 2 is 1.97 bits per heavy atom. The van der Waals surface area contributed by atoms with Gasteiger partial charge in [-0.2, -0.15) is 5.10 Å². The minimum absolute atomic E-state index is 0.0362. The monoisotopic (exact) mass is 417 g/mol. The molecule has 1 N–H and O–H groups in total. The number of nitrogens with one attached hydrogen (secondary N) is 1. The Kier molecular flexibility index (Phi) is 6.06. The third-order valence-corrected chi connectivity index (χ3v) is 5.36. The fourth-order valence-electron chi connectivity index (χ4n) is 3.81. The van der Waals surface area contributed by atoms with Crippen molar-refractivity contribution < 1.29 is 4.79 Å². The number of carbonyl (C=O) groups is 1. The Balaban J connectivity index is 1.57. The van der Waals surface area contributed by atoms with Crippen LogP contribution in [0.15, 0.2) is 42.6 Å². The molecule has 1 aliphatic heterocycles. The number of piperidine rings is 1. The minimum atomic E-state index is -0.150. The van der Waals surface area contributed by atoms with E-state index < -0.39 is 0 Å². The molecule has 31 heavy (non-hydrogen) atoms. The third kappa shape index (κ3) is 4.96. The van der Waals surface area contributed by atoms with Crippen LogP contribution in [0.4, 0.5) is 11.6 Å². The van der Waals surface area contributed by atoms with Crippen LogP contribution in [0, 0.1) is 13.8 Å². The van der Waals surface area contributed by atoms with Crippen LogP contribution >= 0.6 is 0 Å². The maximum absolute atomic E-state index is 13.0. The minimum Gasteiger partial charge on any atom is -0.329 e. The normalized spacial score (nSPS) is 16.6. The highest BCUT2D eigenvalue weighted by molar-refractivity contribution is 5.91. The molecular formula is C23H27N7O. The average molecular weight is 418 g/mol. The number of rotatable bonds is 5. The Bertz CT molecular complexity index is 1100. The molecule has 4 heterocycles. The van der Waals surface area contributed by atoms with E-state index in [2.05, 4.69) is 20.4 Å². The summed E-state index contributed by atoms with van der Waals surface area (Å²) in [6.45, 7) is 4.59. The molecule has 8 heteroatoms. The lowest BCUT2D eigenvalue weighted by Gasteiger charge is -2.34. The SMILES string of the molecule is Cc1cccc(Nc2cc(C)nc(C3CCCCN3C(=O)C=Cc3ccnn3C)n2)n1. The Morgan fingerprint density at radius 3 is 2.74 bits per heavy atom. The number of anilines is 2. The number of hydrogen-bond donors (Lipinski definition) is 1. The van der Waals surface area contributed by atoms with E-state index >= 15 is 0 Å². The van der Waals surface area contributed by atoms with Crippen LogP contribution < -0.4 is 5.32 Å². The van der Waals surface area contributed by atoms with E-state index in [0.717, 1.165) is 42.2 Å². The van der Waals surface area contributed by atoms with Gasteiger partial charge < -0.3 is 10.2 Å². The lowest BCUT2D eigenvalue weighted by atomic mass is 10.0. The van der Waals surface area contributed by atoms with E-state index in [1.54, 1.807) is 23.0 Å². The van der Waals surface area contributed by atoms with Gasteiger partial charge in [0.25, 0.3) is 0 Å². The third-order valence-electron chi connectivity index (χ3n) is 5.36. The number of likely N-dealkylation sites (tertiary alicyclic amines) is 1. The quantitative estimate of drug-likeness (QED) is 0.636. The summed E-state index contributed by atoms with van der Waals surface area (Å²) < 4.78 is 1.73. The zero-order valence-corrected chi connectivity index (χ0v) is 18.1. The first-order valence-electron chi connectivity index (χ1n) is 10.5. The Hall–Kier alpha value is -3.55. The predicted molar refractivity (Wildman–Crippen MR) is 120 cm³/mol. The molecule has 0 aliphatic carbocycles. The maximum Gasteiger partial charge on any atom is 0.247 e. The molecule has 0 bridgehead atoms. The highest BCUT2D eigenvalue weighted by Crippen LogP contribution is 2.30. The highest BCUT2D eigenvalue weighted by atomic mass is 16.2. The molecule has 1 unspecified atom stereocenters. The van der Waals surface area contributed by atoms with Crippen molar-refractivity contribution in [3.63, 3.8) is 0 Å². The van der Waals surface area contributed by atoms with Crippen LogP contribution in [0.2, 0.25) is 0 Å². The number of pyridine rings is 1. The molecule has 160 valence electrons. The van der Waals surface area contributed by atoms with Crippen molar-refractivity contribution in [3.8, 4) is 0 Å².